The summed E-state index contributed by atoms with van der Waals surface area (Å²) in [5.74, 6) is 0.569. The third kappa shape index (κ3) is 4.45. The number of benzene rings is 1. The van der Waals surface area contributed by atoms with Crippen molar-refractivity contribution in [3.8, 4) is 0 Å². The highest BCUT2D eigenvalue weighted by molar-refractivity contribution is 8.13. The maximum atomic E-state index is 12.1. The molecule has 0 bridgehead atoms. The van der Waals surface area contributed by atoms with Gasteiger partial charge in [-0.15, -0.1) is 0 Å². The average molecular weight is 330 g/mol. The number of aryl methyl sites for hydroxylation is 1. The molecule has 116 valence electrons. The van der Waals surface area contributed by atoms with Gasteiger partial charge in [-0.05, 0) is 43.0 Å². The van der Waals surface area contributed by atoms with Crippen molar-refractivity contribution in [2.75, 3.05) is 6.54 Å². The van der Waals surface area contributed by atoms with Crippen LogP contribution in [0.5, 0.6) is 0 Å². The maximum absolute atomic E-state index is 12.1. The van der Waals surface area contributed by atoms with Crippen LogP contribution < -0.4 is 5.32 Å². The average Bonchev–Trinajstić information content (AvgIpc) is 2.90. The Morgan fingerprint density at radius 1 is 1.33 bits per heavy atom. The Balaban J connectivity index is 1.95. The number of hydrogen-bond donors (Lipinski definition) is 1. The first kappa shape index (κ1) is 16.3. The molecule has 0 saturated heterocycles. The quantitative estimate of drug-likeness (QED) is 0.843. The van der Waals surface area contributed by atoms with Crippen LogP contribution in [0.4, 0.5) is 0 Å². The van der Waals surface area contributed by atoms with Gasteiger partial charge in [0.15, 0.2) is 0 Å². The molecule has 1 aliphatic rings. The number of carbonyl (C=O) groups excluding carboxylic acids is 1. The minimum Gasteiger partial charge on any atom is -0.352 e. The van der Waals surface area contributed by atoms with Gasteiger partial charge in [0, 0.05) is 22.8 Å². The van der Waals surface area contributed by atoms with Crippen LogP contribution in [-0.2, 0) is 9.05 Å². The monoisotopic (exact) mass is 329 g/mol. The lowest BCUT2D eigenvalue weighted by molar-refractivity contribution is 0.0950. The SMILES string of the molecule is Cc1cc(S(=O)(=O)Cl)ccc1C(=O)NCCC1CCCC1. The molecule has 4 nitrogen and oxygen atoms in total. The number of carbonyl (C=O) groups is 1. The molecule has 0 radical (unpaired) electrons. The summed E-state index contributed by atoms with van der Waals surface area (Å²) in [6.07, 6.45) is 6.13. The molecule has 1 aromatic rings. The van der Waals surface area contributed by atoms with Gasteiger partial charge >= 0.3 is 0 Å². The van der Waals surface area contributed by atoms with Gasteiger partial charge in [0.25, 0.3) is 15.0 Å². The zero-order valence-corrected chi connectivity index (χ0v) is 13.6. The van der Waals surface area contributed by atoms with Gasteiger partial charge in [0.05, 0.1) is 4.90 Å². The fourth-order valence-corrected chi connectivity index (χ4v) is 3.66. The number of nitrogens with one attached hydrogen (secondary N) is 1. The molecule has 1 aliphatic carbocycles. The second-order valence-electron chi connectivity index (χ2n) is 5.61. The van der Waals surface area contributed by atoms with E-state index in [4.69, 9.17) is 10.7 Å². The summed E-state index contributed by atoms with van der Waals surface area (Å²) in [6, 6.07) is 4.30. The molecule has 0 spiro atoms. The fraction of sp³-hybridized carbons (Fsp3) is 0.533. The Labute approximate surface area is 130 Å². The molecule has 21 heavy (non-hydrogen) atoms. The smallest absolute Gasteiger partial charge is 0.261 e. The van der Waals surface area contributed by atoms with Crippen LogP contribution in [0.1, 0.15) is 48.0 Å². The summed E-state index contributed by atoms with van der Waals surface area (Å²) in [6.45, 7) is 2.37. The van der Waals surface area contributed by atoms with Gasteiger partial charge < -0.3 is 5.32 Å². The van der Waals surface area contributed by atoms with E-state index in [2.05, 4.69) is 5.32 Å². The Hall–Kier alpha value is -1.07. The lowest BCUT2D eigenvalue weighted by Gasteiger charge is -2.11. The molecule has 2 rings (SSSR count). The van der Waals surface area contributed by atoms with E-state index in [1.807, 2.05) is 0 Å². The molecule has 0 atom stereocenters. The highest BCUT2D eigenvalue weighted by atomic mass is 35.7. The van der Waals surface area contributed by atoms with Crippen LogP contribution in [0.2, 0.25) is 0 Å². The van der Waals surface area contributed by atoms with E-state index in [1.165, 1.54) is 43.9 Å². The van der Waals surface area contributed by atoms with Crippen LogP contribution in [0.15, 0.2) is 23.1 Å². The van der Waals surface area contributed by atoms with Crippen LogP contribution in [0.25, 0.3) is 0 Å². The molecule has 0 heterocycles. The minimum atomic E-state index is -3.76. The zero-order valence-electron chi connectivity index (χ0n) is 12.1. The molecule has 0 aliphatic heterocycles. The summed E-state index contributed by atoms with van der Waals surface area (Å²) in [5, 5.41) is 2.90. The largest absolute Gasteiger partial charge is 0.352 e. The first-order chi connectivity index (χ1) is 9.88. The number of amides is 1. The standard InChI is InChI=1S/C15H20ClNO3S/c1-11-10-13(21(16,19)20)6-7-14(11)15(18)17-9-8-12-4-2-3-5-12/h6-7,10,12H,2-5,8-9H2,1H3,(H,17,18). The normalized spacial score (nSPS) is 16.1. The van der Waals surface area contributed by atoms with Gasteiger partial charge in [-0.3, -0.25) is 4.79 Å². The number of hydrogen-bond acceptors (Lipinski definition) is 3. The second kappa shape index (κ2) is 6.79. The van der Waals surface area contributed by atoms with E-state index in [1.54, 1.807) is 6.92 Å². The molecule has 1 amide bonds. The van der Waals surface area contributed by atoms with Gasteiger partial charge in [-0.25, -0.2) is 8.42 Å². The van der Waals surface area contributed by atoms with E-state index < -0.39 is 9.05 Å². The zero-order chi connectivity index (χ0) is 15.5. The first-order valence-corrected chi connectivity index (χ1v) is 9.52. The molecule has 1 N–H and O–H groups in total. The maximum Gasteiger partial charge on any atom is 0.261 e. The lowest BCUT2D eigenvalue weighted by Crippen LogP contribution is -2.26. The van der Waals surface area contributed by atoms with E-state index >= 15 is 0 Å². The van der Waals surface area contributed by atoms with Crippen molar-refractivity contribution in [2.45, 2.75) is 43.9 Å². The van der Waals surface area contributed by atoms with Gasteiger partial charge in [-0.2, -0.15) is 0 Å². The van der Waals surface area contributed by atoms with Crippen molar-refractivity contribution in [3.63, 3.8) is 0 Å². The summed E-state index contributed by atoms with van der Waals surface area (Å²) in [7, 11) is 1.54. The molecule has 0 aromatic heterocycles. The van der Waals surface area contributed by atoms with E-state index in [9.17, 15) is 13.2 Å². The van der Waals surface area contributed by atoms with Crippen molar-refractivity contribution in [1.82, 2.24) is 5.32 Å². The van der Waals surface area contributed by atoms with Crippen LogP contribution in [-0.4, -0.2) is 20.9 Å². The van der Waals surface area contributed by atoms with Gasteiger partial charge in [-0.1, -0.05) is 25.7 Å². The molecule has 1 saturated carbocycles. The lowest BCUT2D eigenvalue weighted by atomic mass is 10.0. The molecular weight excluding hydrogens is 310 g/mol. The van der Waals surface area contributed by atoms with E-state index in [-0.39, 0.29) is 10.8 Å². The third-order valence-corrected chi connectivity index (χ3v) is 5.39. The van der Waals surface area contributed by atoms with Crippen molar-refractivity contribution < 1.29 is 13.2 Å². The summed E-state index contributed by atoms with van der Waals surface area (Å²) in [4.78, 5) is 12.1. The van der Waals surface area contributed by atoms with Crippen LogP contribution >= 0.6 is 10.7 Å². The molecular formula is C15H20ClNO3S. The predicted molar refractivity (Wildman–Crippen MR) is 83.1 cm³/mol. The Bertz CT molecular complexity index is 622. The van der Waals surface area contributed by atoms with E-state index in [0.717, 1.165) is 12.3 Å². The Morgan fingerprint density at radius 3 is 2.57 bits per heavy atom. The predicted octanol–water partition coefficient (Wildman–Crippen LogP) is 3.23. The molecule has 0 unspecified atom stereocenters. The van der Waals surface area contributed by atoms with Gasteiger partial charge in [0.2, 0.25) is 0 Å². The second-order valence-corrected chi connectivity index (χ2v) is 8.18. The van der Waals surface area contributed by atoms with Crippen molar-refractivity contribution >= 4 is 25.6 Å². The van der Waals surface area contributed by atoms with Gasteiger partial charge in [0.1, 0.15) is 0 Å². The molecule has 1 aromatic carbocycles. The highest BCUT2D eigenvalue weighted by Gasteiger charge is 2.17. The summed E-state index contributed by atoms with van der Waals surface area (Å²) in [5.41, 5.74) is 1.10. The summed E-state index contributed by atoms with van der Waals surface area (Å²) < 4.78 is 22.5. The molecule has 1 fully saturated rings. The summed E-state index contributed by atoms with van der Waals surface area (Å²) >= 11 is 0. The van der Waals surface area contributed by atoms with E-state index in [0.29, 0.717) is 17.7 Å². The number of rotatable bonds is 5. The third-order valence-electron chi connectivity index (χ3n) is 4.04. The van der Waals surface area contributed by atoms with Crippen LogP contribution in [0, 0.1) is 12.8 Å². The Morgan fingerprint density at radius 2 is 2.00 bits per heavy atom. The molecule has 6 heteroatoms. The minimum absolute atomic E-state index is 0.0178. The Kier molecular flexibility index (Phi) is 5.27. The van der Waals surface area contributed by atoms with Crippen molar-refractivity contribution in [1.29, 1.82) is 0 Å². The highest BCUT2D eigenvalue weighted by Crippen LogP contribution is 2.27. The van der Waals surface area contributed by atoms with Crippen LogP contribution in [0.3, 0.4) is 0 Å². The topological polar surface area (TPSA) is 63.2 Å². The number of halogens is 1. The van der Waals surface area contributed by atoms with Crippen molar-refractivity contribution in [2.24, 2.45) is 5.92 Å². The fourth-order valence-electron chi connectivity index (χ4n) is 2.83. The van der Waals surface area contributed by atoms with Crippen molar-refractivity contribution in [3.05, 3.63) is 29.3 Å². The first-order valence-electron chi connectivity index (χ1n) is 7.21.